The zero-order valence-electron chi connectivity index (χ0n) is 13.5. The van der Waals surface area contributed by atoms with Crippen LogP contribution >= 0.6 is 0 Å². The average Bonchev–Trinajstić information content (AvgIpc) is 3.16. The number of carboxylic acids is 1. The highest BCUT2D eigenvalue weighted by Gasteiger charge is 2.62. The van der Waals surface area contributed by atoms with Crippen molar-refractivity contribution in [2.75, 3.05) is 6.54 Å². The van der Waals surface area contributed by atoms with Crippen LogP contribution in [0.4, 0.5) is 0 Å². The third kappa shape index (κ3) is 2.19. The molecule has 1 N–H and O–H groups in total. The second kappa shape index (κ2) is 5.08. The summed E-state index contributed by atoms with van der Waals surface area (Å²) < 4.78 is 0. The number of piperidine rings is 1. The predicted molar refractivity (Wildman–Crippen MR) is 86.1 cm³/mol. The van der Waals surface area contributed by atoms with Gasteiger partial charge in [0.1, 0.15) is 0 Å². The minimum absolute atomic E-state index is 0.0452. The maximum atomic E-state index is 13.0. The van der Waals surface area contributed by atoms with Gasteiger partial charge in [-0.3, -0.25) is 9.59 Å². The summed E-state index contributed by atoms with van der Waals surface area (Å²) in [7, 11) is 0. The van der Waals surface area contributed by atoms with Crippen molar-refractivity contribution in [1.82, 2.24) is 4.90 Å². The van der Waals surface area contributed by atoms with E-state index in [2.05, 4.69) is 24.3 Å². The number of carbonyl (C=O) groups is 2. The quantitative estimate of drug-likeness (QED) is 0.913. The Hall–Kier alpha value is -1.84. The molecular formula is C19H23NO3. The molecular weight excluding hydrogens is 290 g/mol. The van der Waals surface area contributed by atoms with Crippen LogP contribution in [-0.2, 0) is 21.4 Å². The Morgan fingerprint density at radius 3 is 2.83 bits per heavy atom. The standard InChI is InChI=1S/C19H23NO3/c1-12-6-7-14(18(22)23)11-20(12)17(21)16-10-19(16)9-8-13-4-2-3-5-15(13)19/h2-5,12,14,16H,6-11H2,1H3,(H,22,23). The van der Waals surface area contributed by atoms with Crippen LogP contribution in [0.15, 0.2) is 24.3 Å². The van der Waals surface area contributed by atoms with E-state index in [0.717, 1.165) is 25.7 Å². The Balaban J connectivity index is 1.54. The Morgan fingerprint density at radius 2 is 2.04 bits per heavy atom. The van der Waals surface area contributed by atoms with E-state index in [1.54, 1.807) is 0 Å². The van der Waals surface area contributed by atoms with Crippen molar-refractivity contribution >= 4 is 11.9 Å². The molecule has 2 aliphatic carbocycles. The van der Waals surface area contributed by atoms with Gasteiger partial charge in [-0.15, -0.1) is 0 Å². The van der Waals surface area contributed by atoms with E-state index in [4.69, 9.17) is 0 Å². The van der Waals surface area contributed by atoms with Gasteiger partial charge >= 0.3 is 5.97 Å². The third-order valence-corrected chi connectivity index (χ3v) is 6.28. The Morgan fingerprint density at radius 1 is 1.26 bits per heavy atom. The molecule has 2 fully saturated rings. The molecule has 1 heterocycles. The van der Waals surface area contributed by atoms with Crippen molar-refractivity contribution in [3.05, 3.63) is 35.4 Å². The number of fused-ring (bicyclic) bond motifs is 2. The minimum Gasteiger partial charge on any atom is -0.481 e. The van der Waals surface area contributed by atoms with Gasteiger partial charge in [-0.1, -0.05) is 24.3 Å². The lowest BCUT2D eigenvalue weighted by Crippen LogP contribution is -2.48. The highest BCUT2D eigenvalue weighted by molar-refractivity contribution is 5.86. The molecule has 1 spiro atoms. The predicted octanol–water partition coefficient (Wildman–Crippen LogP) is 2.60. The van der Waals surface area contributed by atoms with E-state index in [0.29, 0.717) is 13.0 Å². The van der Waals surface area contributed by atoms with Crippen molar-refractivity contribution in [1.29, 1.82) is 0 Å². The van der Waals surface area contributed by atoms with Gasteiger partial charge in [-0.25, -0.2) is 0 Å². The first kappa shape index (κ1) is 14.7. The number of carbonyl (C=O) groups excluding carboxylic acids is 1. The second-order valence-corrected chi connectivity index (χ2v) is 7.52. The number of nitrogens with zero attached hydrogens (tertiary/aromatic N) is 1. The highest BCUT2D eigenvalue weighted by atomic mass is 16.4. The maximum absolute atomic E-state index is 13.0. The summed E-state index contributed by atoms with van der Waals surface area (Å²) in [4.78, 5) is 26.2. The fourth-order valence-electron chi connectivity index (χ4n) is 4.74. The maximum Gasteiger partial charge on any atom is 0.308 e. The van der Waals surface area contributed by atoms with Gasteiger partial charge in [0, 0.05) is 23.9 Å². The van der Waals surface area contributed by atoms with Crippen LogP contribution < -0.4 is 0 Å². The fraction of sp³-hybridized carbons (Fsp3) is 0.579. The monoisotopic (exact) mass is 313 g/mol. The number of likely N-dealkylation sites (tertiary alicyclic amines) is 1. The lowest BCUT2D eigenvalue weighted by atomic mass is 9.91. The van der Waals surface area contributed by atoms with E-state index < -0.39 is 11.9 Å². The third-order valence-electron chi connectivity index (χ3n) is 6.28. The van der Waals surface area contributed by atoms with Crippen LogP contribution in [0.2, 0.25) is 0 Å². The van der Waals surface area contributed by atoms with Crippen molar-refractivity contribution in [3.63, 3.8) is 0 Å². The molecule has 0 radical (unpaired) electrons. The molecule has 1 aromatic rings. The van der Waals surface area contributed by atoms with Crippen molar-refractivity contribution in [2.45, 2.75) is 50.5 Å². The molecule has 4 atom stereocenters. The SMILES string of the molecule is CC1CCC(C(=O)O)CN1C(=O)C1CC12CCc1ccccc12. The summed E-state index contributed by atoms with van der Waals surface area (Å²) in [6.45, 7) is 2.43. The molecule has 1 saturated heterocycles. The molecule has 4 rings (SSSR count). The molecule has 1 amide bonds. The smallest absolute Gasteiger partial charge is 0.308 e. The summed E-state index contributed by atoms with van der Waals surface area (Å²) in [6.07, 6.45) is 4.53. The van der Waals surface area contributed by atoms with E-state index in [1.165, 1.54) is 11.1 Å². The Bertz CT molecular complexity index is 670. The van der Waals surface area contributed by atoms with Gasteiger partial charge in [0.25, 0.3) is 0 Å². The van der Waals surface area contributed by atoms with Gasteiger partial charge in [0.2, 0.25) is 5.91 Å². The number of benzene rings is 1. The molecule has 122 valence electrons. The Labute approximate surface area is 136 Å². The number of rotatable bonds is 2. The summed E-state index contributed by atoms with van der Waals surface area (Å²) in [5.74, 6) is -0.937. The number of amides is 1. The zero-order chi connectivity index (χ0) is 16.2. The molecule has 0 bridgehead atoms. The van der Waals surface area contributed by atoms with E-state index in [1.807, 2.05) is 11.8 Å². The number of hydrogen-bond donors (Lipinski definition) is 1. The summed E-state index contributed by atoms with van der Waals surface area (Å²) in [5, 5.41) is 9.28. The first-order chi connectivity index (χ1) is 11.0. The topological polar surface area (TPSA) is 57.6 Å². The largest absolute Gasteiger partial charge is 0.481 e. The number of carboxylic acid groups (broad SMARTS) is 1. The molecule has 3 aliphatic rings. The summed E-state index contributed by atoms with van der Waals surface area (Å²) in [5.41, 5.74) is 2.79. The molecule has 1 saturated carbocycles. The van der Waals surface area contributed by atoms with Crippen LogP contribution in [-0.4, -0.2) is 34.5 Å². The van der Waals surface area contributed by atoms with Gasteiger partial charge in [0.15, 0.2) is 0 Å². The zero-order valence-corrected chi connectivity index (χ0v) is 13.5. The second-order valence-electron chi connectivity index (χ2n) is 7.52. The molecule has 0 aromatic heterocycles. The molecule has 4 unspecified atom stereocenters. The fourth-order valence-corrected chi connectivity index (χ4v) is 4.74. The van der Waals surface area contributed by atoms with Gasteiger partial charge in [-0.05, 0) is 50.2 Å². The van der Waals surface area contributed by atoms with Crippen LogP contribution in [0, 0.1) is 11.8 Å². The van der Waals surface area contributed by atoms with Crippen LogP contribution in [0.1, 0.15) is 43.7 Å². The van der Waals surface area contributed by atoms with Crippen LogP contribution in [0.5, 0.6) is 0 Å². The Kier molecular flexibility index (Phi) is 3.26. The highest BCUT2D eigenvalue weighted by Crippen LogP contribution is 2.62. The number of hydrogen-bond acceptors (Lipinski definition) is 2. The lowest BCUT2D eigenvalue weighted by molar-refractivity contribution is -0.147. The van der Waals surface area contributed by atoms with Crippen LogP contribution in [0.25, 0.3) is 0 Å². The first-order valence-corrected chi connectivity index (χ1v) is 8.64. The molecule has 23 heavy (non-hydrogen) atoms. The molecule has 1 aromatic carbocycles. The van der Waals surface area contributed by atoms with Crippen molar-refractivity contribution < 1.29 is 14.7 Å². The van der Waals surface area contributed by atoms with Crippen LogP contribution in [0.3, 0.4) is 0 Å². The van der Waals surface area contributed by atoms with Gasteiger partial charge in [0.05, 0.1) is 5.92 Å². The minimum atomic E-state index is -0.772. The summed E-state index contributed by atoms with van der Waals surface area (Å²) >= 11 is 0. The molecule has 1 aliphatic heterocycles. The van der Waals surface area contributed by atoms with E-state index >= 15 is 0 Å². The molecule has 4 nitrogen and oxygen atoms in total. The van der Waals surface area contributed by atoms with E-state index in [9.17, 15) is 14.7 Å². The van der Waals surface area contributed by atoms with E-state index in [-0.39, 0.29) is 23.3 Å². The molecule has 4 heteroatoms. The van der Waals surface area contributed by atoms with Gasteiger partial charge < -0.3 is 10.0 Å². The van der Waals surface area contributed by atoms with Gasteiger partial charge in [-0.2, -0.15) is 0 Å². The number of aliphatic carboxylic acids is 1. The lowest BCUT2D eigenvalue weighted by Gasteiger charge is -2.37. The van der Waals surface area contributed by atoms with Crippen molar-refractivity contribution in [3.8, 4) is 0 Å². The van der Waals surface area contributed by atoms with Crippen molar-refractivity contribution in [2.24, 2.45) is 11.8 Å². The summed E-state index contributed by atoms with van der Waals surface area (Å²) in [6, 6.07) is 8.65. The number of aryl methyl sites for hydroxylation is 1. The average molecular weight is 313 g/mol. The normalized spacial score (nSPS) is 35.2. The first-order valence-electron chi connectivity index (χ1n) is 8.64.